The molecule has 3 rings (SSSR count). The van der Waals surface area contributed by atoms with E-state index >= 15 is 0 Å². The number of nitrogens with zero attached hydrogens (tertiary/aromatic N) is 4. The van der Waals surface area contributed by atoms with Gasteiger partial charge in [0.25, 0.3) is 0 Å². The van der Waals surface area contributed by atoms with Gasteiger partial charge in [-0.2, -0.15) is 0 Å². The van der Waals surface area contributed by atoms with Crippen molar-refractivity contribution in [2.75, 3.05) is 0 Å². The molecule has 2 aromatic rings. The van der Waals surface area contributed by atoms with Crippen LogP contribution in [0.25, 0.3) is 11.2 Å². The molecule has 0 saturated carbocycles. The molecule has 0 spiro atoms. The summed E-state index contributed by atoms with van der Waals surface area (Å²) in [5.41, 5.74) is 0.749. The number of aromatic nitrogens is 4. The number of terminal acetylenes is 1. The Balaban J connectivity index is 2.05. The third-order valence-electron chi connectivity index (χ3n) is 3.80. The number of hydrogen-bond donors (Lipinski definition) is 0. The zero-order chi connectivity index (χ0) is 18.8. The Morgan fingerprint density at radius 2 is 1.96 bits per heavy atom. The summed E-state index contributed by atoms with van der Waals surface area (Å²) in [4.78, 5) is 35.3. The molecule has 1 saturated heterocycles. The van der Waals surface area contributed by atoms with E-state index in [0.29, 0.717) is 11.2 Å². The highest BCUT2D eigenvalue weighted by Crippen LogP contribution is 2.37. The lowest BCUT2D eigenvalue weighted by atomic mass is 10.1. The lowest BCUT2D eigenvalue weighted by Crippen LogP contribution is -2.38. The van der Waals surface area contributed by atoms with Gasteiger partial charge in [0.15, 0.2) is 29.2 Å². The molecule has 2 aromatic heterocycles. The molecule has 1 aliphatic heterocycles. The maximum absolute atomic E-state index is 11.6. The molecule has 0 bridgehead atoms. The molecule has 1 aliphatic rings. The minimum Gasteiger partial charge on any atom is -0.456 e. The highest BCUT2D eigenvalue weighted by Gasteiger charge is 2.50. The van der Waals surface area contributed by atoms with Gasteiger partial charge in [-0.1, -0.05) is 11.6 Å². The van der Waals surface area contributed by atoms with Crippen LogP contribution in [-0.4, -0.2) is 49.8 Å². The van der Waals surface area contributed by atoms with Gasteiger partial charge in [-0.25, -0.2) is 15.0 Å². The van der Waals surface area contributed by atoms with Crippen molar-refractivity contribution in [2.24, 2.45) is 0 Å². The van der Waals surface area contributed by atoms with Gasteiger partial charge in [-0.3, -0.25) is 14.2 Å². The Morgan fingerprint density at radius 1 is 1.27 bits per heavy atom. The number of esters is 2. The third kappa shape index (κ3) is 3.34. The second-order valence-electron chi connectivity index (χ2n) is 5.61. The summed E-state index contributed by atoms with van der Waals surface area (Å²) < 4.78 is 18.2. The highest BCUT2D eigenvalue weighted by molar-refractivity contribution is 6.33. The molecule has 0 radical (unpaired) electrons. The number of imidazole rings is 1. The summed E-state index contributed by atoms with van der Waals surface area (Å²) in [7, 11) is 0. The molecule has 136 valence electrons. The molecular weight excluding hydrogens is 364 g/mol. The molecule has 9 nitrogen and oxygen atoms in total. The van der Waals surface area contributed by atoms with Gasteiger partial charge in [-0.15, -0.1) is 12.3 Å². The maximum Gasteiger partial charge on any atom is 0.303 e. The first-order valence-corrected chi connectivity index (χ1v) is 8.06. The van der Waals surface area contributed by atoms with Crippen LogP contribution in [0.15, 0.2) is 12.7 Å². The van der Waals surface area contributed by atoms with E-state index in [1.807, 2.05) is 0 Å². The summed E-state index contributed by atoms with van der Waals surface area (Å²) in [5.74, 6) is 1.37. The first-order chi connectivity index (χ1) is 12.4. The van der Waals surface area contributed by atoms with Crippen molar-refractivity contribution < 1.29 is 23.8 Å². The summed E-state index contributed by atoms with van der Waals surface area (Å²) in [6.07, 6.45) is 4.96. The molecule has 0 N–H and O–H groups in total. The number of ether oxygens (including phenoxy) is 3. The molecule has 1 fully saturated rings. The van der Waals surface area contributed by atoms with Gasteiger partial charge in [-0.05, 0) is 0 Å². The highest BCUT2D eigenvalue weighted by atomic mass is 35.5. The molecule has 3 heterocycles. The van der Waals surface area contributed by atoms with Gasteiger partial charge < -0.3 is 14.2 Å². The number of carbonyl (C=O) groups is 2. The smallest absolute Gasteiger partial charge is 0.303 e. The maximum atomic E-state index is 11.6. The van der Waals surface area contributed by atoms with Gasteiger partial charge in [0.05, 0.1) is 6.33 Å². The Labute approximate surface area is 153 Å². The SMILES string of the molecule is C#CC[C@H]1O[C@@H](n2cnc3c(Cl)ncnc32)[C@H](OC(C)=O)[C@@H]1OC(C)=O. The average Bonchev–Trinajstić information content (AvgIpc) is 3.12. The first-order valence-electron chi connectivity index (χ1n) is 7.68. The quantitative estimate of drug-likeness (QED) is 0.445. The Bertz CT molecular complexity index is 892. The van der Waals surface area contributed by atoms with E-state index in [1.54, 1.807) is 4.57 Å². The van der Waals surface area contributed by atoms with Crippen molar-refractivity contribution in [2.45, 2.75) is 44.8 Å². The van der Waals surface area contributed by atoms with Crippen molar-refractivity contribution >= 4 is 34.7 Å². The molecule has 0 aliphatic carbocycles. The van der Waals surface area contributed by atoms with Crippen LogP contribution in [0.4, 0.5) is 0 Å². The normalized spacial score (nSPS) is 25.0. The second-order valence-corrected chi connectivity index (χ2v) is 5.97. The van der Waals surface area contributed by atoms with Crippen molar-refractivity contribution in [1.29, 1.82) is 0 Å². The molecule has 4 atom stereocenters. The van der Waals surface area contributed by atoms with Crippen LogP contribution in [0.1, 0.15) is 26.5 Å². The molecule has 0 aromatic carbocycles. The minimum absolute atomic E-state index is 0.161. The van der Waals surface area contributed by atoms with E-state index < -0.39 is 36.5 Å². The van der Waals surface area contributed by atoms with E-state index in [2.05, 4.69) is 20.9 Å². The van der Waals surface area contributed by atoms with Crippen LogP contribution >= 0.6 is 11.6 Å². The van der Waals surface area contributed by atoms with Gasteiger partial charge in [0.2, 0.25) is 0 Å². The molecule has 0 unspecified atom stereocenters. The monoisotopic (exact) mass is 378 g/mol. The number of fused-ring (bicyclic) bond motifs is 1. The topological polar surface area (TPSA) is 105 Å². The van der Waals surface area contributed by atoms with Crippen LogP contribution in [0.3, 0.4) is 0 Å². The van der Waals surface area contributed by atoms with Crippen LogP contribution in [0, 0.1) is 12.3 Å². The lowest BCUT2D eigenvalue weighted by Gasteiger charge is -2.23. The van der Waals surface area contributed by atoms with Crippen molar-refractivity contribution in [3.05, 3.63) is 17.8 Å². The van der Waals surface area contributed by atoms with E-state index in [9.17, 15) is 9.59 Å². The summed E-state index contributed by atoms with van der Waals surface area (Å²) in [5, 5.41) is 0.174. The Hall–Kier alpha value is -2.70. The Morgan fingerprint density at radius 3 is 2.62 bits per heavy atom. The zero-order valence-electron chi connectivity index (χ0n) is 14.0. The van der Waals surface area contributed by atoms with Gasteiger partial charge >= 0.3 is 11.9 Å². The van der Waals surface area contributed by atoms with Crippen LogP contribution < -0.4 is 0 Å². The van der Waals surface area contributed by atoms with E-state index in [-0.39, 0.29) is 11.6 Å². The van der Waals surface area contributed by atoms with Gasteiger partial charge in [0, 0.05) is 20.3 Å². The number of hydrogen-bond acceptors (Lipinski definition) is 8. The third-order valence-corrected chi connectivity index (χ3v) is 4.07. The second kappa shape index (κ2) is 7.27. The Kier molecular flexibility index (Phi) is 5.06. The molecular formula is C16H15ClN4O5. The van der Waals surface area contributed by atoms with Crippen molar-refractivity contribution in [3.8, 4) is 12.3 Å². The molecule has 26 heavy (non-hydrogen) atoms. The van der Waals surface area contributed by atoms with Crippen LogP contribution in [0.5, 0.6) is 0 Å². The fourth-order valence-corrected chi connectivity index (χ4v) is 3.05. The molecule has 10 heteroatoms. The minimum atomic E-state index is -0.930. The van der Waals surface area contributed by atoms with Crippen LogP contribution in [0.2, 0.25) is 5.15 Å². The average molecular weight is 379 g/mol. The van der Waals surface area contributed by atoms with Crippen molar-refractivity contribution in [1.82, 2.24) is 19.5 Å². The largest absolute Gasteiger partial charge is 0.456 e. The predicted octanol–water partition coefficient (Wildman–Crippen LogP) is 1.26. The standard InChI is InChI=1S/C16H15ClN4O5/c1-4-5-10-12(24-8(2)22)13(25-9(3)23)16(26-10)21-7-20-11-14(17)18-6-19-15(11)21/h1,6-7,10,12-13,16H,5H2,2-3H3/t10-,12-,13-,16-/m1/s1. The predicted molar refractivity (Wildman–Crippen MR) is 88.8 cm³/mol. The van der Waals surface area contributed by atoms with Crippen LogP contribution in [-0.2, 0) is 23.8 Å². The zero-order valence-corrected chi connectivity index (χ0v) is 14.7. The van der Waals surface area contributed by atoms with E-state index in [0.717, 1.165) is 0 Å². The first kappa shape index (κ1) is 18.1. The number of halogens is 1. The van der Waals surface area contributed by atoms with E-state index in [1.165, 1.54) is 26.5 Å². The van der Waals surface area contributed by atoms with Gasteiger partial charge in [0.1, 0.15) is 17.9 Å². The fourth-order valence-electron chi connectivity index (χ4n) is 2.87. The summed E-state index contributed by atoms with van der Waals surface area (Å²) >= 11 is 6.02. The van der Waals surface area contributed by atoms with Crippen molar-refractivity contribution in [3.63, 3.8) is 0 Å². The summed E-state index contributed by atoms with van der Waals surface area (Å²) in [6, 6.07) is 0. The molecule has 0 amide bonds. The number of rotatable bonds is 4. The number of carbonyl (C=O) groups excluding carboxylic acids is 2. The lowest BCUT2D eigenvalue weighted by molar-refractivity contribution is -0.165. The summed E-state index contributed by atoms with van der Waals surface area (Å²) in [6.45, 7) is 2.51. The van der Waals surface area contributed by atoms with E-state index in [4.69, 9.17) is 32.2 Å². The fraction of sp³-hybridized carbons (Fsp3) is 0.438.